The van der Waals surface area contributed by atoms with Crippen molar-refractivity contribution < 1.29 is 22.0 Å². The molecule has 1 fully saturated rings. The largest absolute Gasteiger partial charge is 0.339 e. The highest BCUT2D eigenvalue weighted by Crippen LogP contribution is 2.19. The van der Waals surface area contributed by atoms with Crippen molar-refractivity contribution in [1.29, 1.82) is 0 Å². The lowest BCUT2D eigenvalue weighted by molar-refractivity contribution is 0.0741. The van der Waals surface area contributed by atoms with Gasteiger partial charge in [0.15, 0.2) is 21.5 Å². The van der Waals surface area contributed by atoms with Gasteiger partial charge >= 0.3 is 0 Å². The van der Waals surface area contributed by atoms with Gasteiger partial charge in [0.05, 0.1) is 23.9 Å². The Morgan fingerprint density at radius 2 is 2.00 bits per heavy atom. The first kappa shape index (κ1) is 18.2. The number of halogens is 2. The molecule has 1 unspecified atom stereocenters. The van der Waals surface area contributed by atoms with E-state index in [1.165, 1.54) is 30.4 Å². The maximum Gasteiger partial charge on any atom is 0.274 e. The van der Waals surface area contributed by atoms with Gasteiger partial charge in [-0.1, -0.05) is 0 Å². The molecular formula is C16H16F2N4O3S. The van der Waals surface area contributed by atoms with Crippen molar-refractivity contribution in [3.63, 3.8) is 0 Å². The van der Waals surface area contributed by atoms with Gasteiger partial charge < -0.3 is 10.2 Å². The molecule has 1 aromatic heterocycles. The van der Waals surface area contributed by atoms with Crippen LogP contribution in [0.3, 0.4) is 0 Å². The minimum atomic E-state index is -3.10. The number of anilines is 2. The molecule has 1 amide bonds. The lowest BCUT2D eigenvalue weighted by Gasteiger charge is -2.22. The van der Waals surface area contributed by atoms with Gasteiger partial charge in [0.1, 0.15) is 11.5 Å². The number of nitrogens with zero attached hydrogens (tertiary/aromatic N) is 3. The summed E-state index contributed by atoms with van der Waals surface area (Å²) < 4.78 is 49.2. The molecule has 1 atom stereocenters. The third kappa shape index (κ3) is 3.96. The minimum absolute atomic E-state index is 0.0571. The predicted molar refractivity (Wildman–Crippen MR) is 90.8 cm³/mol. The molecule has 0 spiro atoms. The fraction of sp³-hybridized carbons (Fsp3) is 0.312. The molecule has 1 aliphatic heterocycles. The predicted octanol–water partition coefficient (Wildman–Crippen LogP) is 1.76. The number of rotatable bonds is 4. The summed E-state index contributed by atoms with van der Waals surface area (Å²) in [4.78, 5) is 21.8. The number of amides is 1. The fourth-order valence-electron chi connectivity index (χ4n) is 2.65. The van der Waals surface area contributed by atoms with E-state index in [1.54, 1.807) is 0 Å². The average Bonchev–Trinajstić information content (AvgIpc) is 2.97. The summed E-state index contributed by atoms with van der Waals surface area (Å²) in [6.45, 7) is 0. The highest BCUT2D eigenvalue weighted by atomic mass is 32.2. The molecule has 3 rings (SSSR count). The van der Waals surface area contributed by atoms with E-state index in [0.29, 0.717) is 6.42 Å². The normalized spacial score (nSPS) is 18.5. The van der Waals surface area contributed by atoms with E-state index in [0.717, 1.165) is 12.1 Å². The highest BCUT2D eigenvalue weighted by Gasteiger charge is 2.33. The first-order chi connectivity index (χ1) is 12.2. The Bertz CT molecular complexity index is 935. The zero-order valence-electron chi connectivity index (χ0n) is 13.8. The van der Waals surface area contributed by atoms with E-state index in [2.05, 4.69) is 15.3 Å². The number of sulfone groups is 1. The molecule has 2 aromatic rings. The second-order valence-electron chi connectivity index (χ2n) is 6.01. The molecule has 0 saturated carbocycles. The van der Waals surface area contributed by atoms with Gasteiger partial charge in [-0.2, -0.15) is 0 Å². The second kappa shape index (κ2) is 6.94. The summed E-state index contributed by atoms with van der Waals surface area (Å²) in [6.07, 6.45) is 2.92. The monoisotopic (exact) mass is 382 g/mol. The first-order valence-corrected chi connectivity index (χ1v) is 9.59. The molecule has 0 aliphatic carbocycles. The SMILES string of the molecule is CN(C(=O)c1cnc(Nc2ccc(F)c(F)c2)cn1)C1CCS(=O)(=O)C1. The first-order valence-electron chi connectivity index (χ1n) is 7.77. The zero-order chi connectivity index (χ0) is 18.9. The molecule has 7 nitrogen and oxygen atoms in total. The number of benzene rings is 1. The Balaban J connectivity index is 1.68. The van der Waals surface area contributed by atoms with Gasteiger partial charge in [-0.15, -0.1) is 0 Å². The topological polar surface area (TPSA) is 92.3 Å². The maximum absolute atomic E-state index is 13.2. The molecule has 0 bridgehead atoms. The lowest BCUT2D eigenvalue weighted by atomic mass is 10.2. The van der Waals surface area contributed by atoms with Gasteiger partial charge in [-0.3, -0.25) is 4.79 Å². The van der Waals surface area contributed by atoms with Crippen LogP contribution in [-0.4, -0.2) is 53.8 Å². The van der Waals surface area contributed by atoms with Crippen molar-refractivity contribution in [3.8, 4) is 0 Å². The number of carbonyl (C=O) groups excluding carboxylic acids is 1. The van der Waals surface area contributed by atoms with E-state index in [-0.39, 0.29) is 34.7 Å². The smallest absolute Gasteiger partial charge is 0.274 e. The summed E-state index contributed by atoms with van der Waals surface area (Å²) >= 11 is 0. The number of hydrogen-bond donors (Lipinski definition) is 1. The molecule has 10 heteroatoms. The van der Waals surface area contributed by atoms with Crippen LogP contribution in [0, 0.1) is 11.6 Å². The Hall–Kier alpha value is -2.62. The van der Waals surface area contributed by atoms with Crippen LogP contribution in [0.5, 0.6) is 0 Å². The molecule has 138 valence electrons. The van der Waals surface area contributed by atoms with E-state index >= 15 is 0 Å². The van der Waals surface area contributed by atoms with Crippen molar-refractivity contribution in [2.24, 2.45) is 0 Å². The van der Waals surface area contributed by atoms with Crippen LogP contribution in [0.15, 0.2) is 30.6 Å². The molecule has 0 radical (unpaired) electrons. The van der Waals surface area contributed by atoms with Crippen molar-refractivity contribution in [2.45, 2.75) is 12.5 Å². The molecule has 1 aromatic carbocycles. The van der Waals surface area contributed by atoms with Crippen LogP contribution in [-0.2, 0) is 9.84 Å². The van der Waals surface area contributed by atoms with Crippen molar-refractivity contribution in [3.05, 3.63) is 47.9 Å². The van der Waals surface area contributed by atoms with Gasteiger partial charge in [0.2, 0.25) is 0 Å². The third-order valence-corrected chi connectivity index (χ3v) is 5.89. The van der Waals surface area contributed by atoms with Crippen LogP contribution in [0.4, 0.5) is 20.3 Å². The fourth-order valence-corrected chi connectivity index (χ4v) is 4.43. The van der Waals surface area contributed by atoms with E-state index in [9.17, 15) is 22.0 Å². The van der Waals surface area contributed by atoms with Crippen LogP contribution in [0.1, 0.15) is 16.9 Å². The highest BCUT2D eigenvalue weighted by molar-refractivity contribution is 7.91. The second-order valence-corrected chi connectivity index (χ2v) is 8.24. The number of hydrogen-bond acceptors (Lipinski definition) is 6. The zero-order valence-corrected chi connectivity index (χ0v) is 14.6. The summed E-state index contributed by atoms with van der Waals surface area (Å²) in [7, 11) is -1.57. The lowest BCUT2D eigenvalue weighted by Crippen LogP contribution is -2.38. The molecule has 26 heavy (non-hydrogen) atoms. The average molecular weight is 382 g/mol. The molecule has 1 aliphatic rings. The molecular weight excluding hydrogens is 366 g/mol. The van der Waals surface area contributed by atoms with Crippen LogP contribution in [0.25, 0.3) is 0 Å². The summed E-state index contributed by atoms with van der Waals surface area (Å²) in [6, 6.07) is 2.92. The molecule has 1 saturated heterocycles. The van der Waals surface area contributed by atoms with Crippen LogP contribution >= 0.6 is 0 Å². The van der Waals surface area contributed by atoms with Gasteiger partial charge in [-0.05, 0) is 18.6 Å². The van der Waals surface area contributed by atoms with E-state index < -0.39 is 27.4 Å². The van der Waals surface area contributed by atoms with Gasteiger partial charge in [0.25, 0.3) is 5.91 Å². The standard InChI is InChI=1S/C16H16F2N4O3S/c1-22(11-4-5-26(24,25)9-11)16(23)14-7-20-15(8-19-14)21-10-2-3-12(17)13(18)6-10/h2-3,6-8,11H,4-5,9H2,1H3,(H,20,21). The maximum atomic E-state index is 13.2. The van der Waals surface area contributed by atoms with E-state index in [1.807, 2.05) is 0 Å². The van der Waals surface area contributed by atoms with Crippen molar-refractivity contribution >= 4 is 27.2 Å². The molecule has 2 heterocycles. The number of carbonyl (C=O) groups is 1. The van der Waals surface area contributed by atoms with Crippen molar-refractivity contribution in [2.75, 3.05) is 23.9 Å². The third-order valence-electron chi connectivity index (χ3n) is 4.14. The van der Waals surface area contributed by atoms with Crippen LogP contribution in [0.2, 0.25) is 0 Å². The number of nitrogens with one attached hydrogen (secondary N) is 1. The minimum Gasteiger partial charge on any atom is -0.339 e. The van der Waals surface area contributed by atoms with Gasteiger partial charge in [-0.25, -0.2) is 27.2 Å². The Morgan fingerprint density at radius 3 is 2.58 bits per heavy atom. The Labute approximate surface area is 149 Å². The summed E-state index contributed by atoms with van der Waals surface area (Å²) in [5.74, 6) is -2.13. The summed E-state index contributed by atoms with van der Waals surface area (Å²) in [5, 5.41) is 2.75. The Morgan fingerprint density at radius 1 is 1.23 bits per heavy atom. The summed E-state index contributed by atoms with van der Waals surface area (Å²) in [5.41, 5.74) is 0.346. The molecule has 1 N–H and O–H groups in total. The van der Waals surface area contributed by atoms with Crippen molar-refractivity contribution in [1.82, 2.24) is 14.9 Å². The van der Waals surface area contributed by atoms with Gasteiger partial charge in [0, 0.05) is 24.8 Å². The quantitative estimate of drug-likeness (QED) is 0.866. The Kier molecular flexibility index (Phi) is 4.86. The van der Waals surface area contributed by atoms with Crippen LogP contribution < -0.4 is 5.32 Å². The number of aromatic nitrogens is 2. The van der Waals surface area contributed by atoms with E-state index in [4.69, 9.17) is 0 Å².